The largest absolute Gasteiger partial charge is 0.488 e. The van der Waals surface area contributed by atoms with Gasteiger partial charge in [-0.1, -0.05) is 84.9 Å². The van der Waals surface area contributed by atoms with Gasteiger partial charge in [0.2, 0.25) is 11.8 Å². The number of para-hydroxylation sites is 2. The number of carbonyl (C=O) groups is 2. The molecule has 8 rings (SSSR count). The number of primary amides is 2. The van der Waals surface area contributed by atoms with Crippen LogP contribution in [0, 0.1) is 22.7 Å². The third kappa shape index (κ3) is 15.1. The molecule has 2 aromatic heterocycles. The molecule has 18 heteroatoms. The van der Waals surface area contributed by atoms with Crippen molar-refractivity contribution in [3.63, 3.8) is 0 Å². The maximum atomic E-state index is 12.2. The van der Waals surface area contributed by atoms with Gasteiger partial charge in [0.15, 0.2) is 13.2 Å². The lowest BCUT2D eigenvalue weighted by molar-refractivity contribution is -0.120. The zero-order valence-electron chi connectivity index (χ0n) is 38.0. The molecule has 2 aliphatic heterocycles. The number of anilines is 1. The minimum Gasteiger partial charge on any atom is -0.488 e. The number of ether oxygens (including phenoxy) is 6. The van der Waals surface area contributed by atoms with E-state index in [1.807, 2.05) is 109 Å². The normalized spacial score (nSPS) is 13.3. The highest BCUT2D eigenvalue weighted by Crippen LogP contribution is 2.37. The van der Waals surface area contributed by atoms with E-state index in [-0.39, 0.29) is 34.4 Å². The van der Waals surface area contributed by atoms with Crippen LogP contribution in [0.2, 0.25) is 0 Å². The van der Waals surface area contributed by atoms with Crippen LogP contribution in [-0.2, 0) is 43.1 Å². The van der Waals surface area contributed by atoms with E-state index in [0.29, 0.717) is 73.7 Å². The van der Waals surface area contributed by atoms with E-state index >= 15 is 0 Å². The summed E-state index contributed by atoms with van der Waals surface area (Å²) in [6, 6.07) is 41.9. The van der Waals surface area contributed by atoms with E-state index in [2.05, 4.69) is 26.3 Å². The summed E-state index contributed by atoms with van der Waals surface area (Å²) in [4.78, 5) is 33.7. The summed E-state index contributed by atoms with van der Waals surface area (Å²) in [7, 11) is -1.49. The van der Waals surface area contributed by atoms with Gasteiger partial charge in [0.25, 0.3) is 11.8 Å². The smallest absolute Gasteiger partial charge is 0.255 e. The quantitative estimate of drug-likeness (QED) is 0.111. The van der Waals surface area contributed by atoms with Gasteiger partial charge in [-0.3, -0.25) is 13.8 Å². The van der Waals surface area contributed by atoms with Crippen LogP contribution in [0.1, 0.15) is 22.3 Å². The maximum absolute atomic E-state index is 12.2. The number of benzene rings is 4. The zero-order valence-corrected chi connectivity index (χ0v) is 38.8. The molecule has 0 saturated carbocycles. The molecule has 2 fully saturated rings. The Kier molecular flexibility index (Phi) is 19.4. The van der Waals surface area contributed by atoms with Gasteiger partial charge in [-0.25, -0.2) is 9.97 Å². The molecule has 0 aliphatic carbocycles. The van der Waals surface area contributed by atoms with Crippen molar-refractivity contribution in [3.05, 3.63) is 144 Å². The predicted octanol–water partition coefficient (Wildman–Crippen LogP) is 5.31. The lowest BCUT2D eigenvalue weighted by Gasteiger charge is -2.30. The van der Waals surface area contributed by atoms with Gasteiger partial charge in [0.05, 0.1) is 59.2 Å². The molecule has 1 atom stereocenters. The molecule has 356 valence electrons. The number of rotatable bonds is 16. The SMILES string of the molecule is C1COCCN1.CS(=O)c1cc(-c2ccccc2OCc2ccccc2)nc(OCC(N)=O)c1C#N.N#Cc1c(N2CCOCC2)cc(-c2ccccc2OCc2ccccc2)nc1OCC(N)=O. The van der Waals surface area contributed by atoms with E-state index in [0.717, 1.165) is 43.0 Å². The van der Waals surface area contributed by atoms with E-state index in [4.69, 9.17) is 39.9 Å². The van der Waals surface area contributed by atoms with E-state index in [9.17, 15) is 24.3 Å². The van der Waals surface area contributed by atoms with Crippen molar-refractivity contribution in [2.45, 2.75) is 18.1 Å². The monoisotopic (exact) mass is 952 g/mol. The Bertz CT molecular complexity index is 2750. The summed E-state index contributed by atoms with van der Waals surface area (Å²) in [5.41, 5.74) is 15.7. The third-order valence-corrected chi connectivity index (χ3v) is 11.1. The molecule has 2 amide bonds. The van der Waals surface area contributed by atoms with Crippen molar-refractivity contribution in [2.24, 2.45) is 11.5 Å². The van der Waals surface area contributed by atoms with Crippen molar-refractivity contribution < 1.29 is 42.2 Å². The third-order valence-electron chi connectivity index (χ3n) is 10.1. The first-order valence-electron chi connectivity index (χ1n) is 21.8. The van der Waals surface area contributed by atoms with Crippen LogP contribution < -0.4 is 40.6 Å². The average Bonchev–Trinajstić information content (AvgIpc) is 3.39. The van der Waals surface area contributed by atoms with Crippen LogP contribution in [0.25, 0.3) is 22.5 Å². The van der Waals surface area contributed by atoms with Crippen LogP contribution in [0.15, 0.2) is 126 Å². The number of morpholine rings is 2. The van der Waals surface area contributed by atoms with Crippen molar-refractivity contribution in [1.29, 1.82) is 10.5 Å². The molecule has 6 aromatic rings. The topological polar surface area (TPSA) is 247 Å². The molecular weight excluding hydrogens is 901 g/mol. The molecule has 0 radical (unpaired) electrons. The number of hydrogen-bond acceptors (Lipinski definition) is 15. The molecule has 2 saturated heterocycles. The minimum absolute atomic E-state index is 0.00326. The second kappa shape index (κ2) is 26.5. The number of pyridine rings is 2. The summed E-state index contributed by atoms with van der Waals surface area (Å²) >= 11 is 0. The first-order chi connectivity index (χ1) is 33.6. The standard InChI is InChI=1S/C25H24N4O4.C22H19N3O4S.C4H9NO/c26-15-20-22(29-10-12-31-13-11-29)14-21(28-25(20)33-17-24(27)30)19-8-4-5-9-23(19)32-16-18-6-2-1-3-7-18;1-30(27)20-11-18(25-22(17(20)12-23)29-14-21(24)26)16-9-5-6-10-19(16)28-13-15-7-3-2-4-8-15;1-3-6-4-2-5-1/h1-9,14H,10-13,16-17H2,(H2,27,30);2-11H,13-14H2,1H3,(H2,24,26);5H,1-4H2. The summed E-state index contributed by atoms with van der Waals surface area (Å²) in [6.45, 7) is 6.11. The second-order valence-electron chi connectivity index (χ2n) is 15.1. The molecule has 0 spiro atoms. The van der Waals surface area contributed by atoms with Crippen LogP contribution in [0.5, 0.6) is 23.3 Å². The molecule has 17 nitrogen and oxygen atoms in total. The number of nitriles is 2. The van der Waals surface area contributed by atoms with Crippen molar-refractivity contribution in [1.82, 2.24) is 15.3 Å². The molecule has 2 aliphatic rings. The first-order valence-corrected chi connectivity index (χ1v) is 23.4. The molecular formula is C51H52N8O9S. The van der Waals surface area contributed by atoms with Crippen LogP contribution in [0.4, 0.5) is 5.69 Å². The van der Waals surface area contributed by atoms with Gasteiger partial charge >= 0.3 is 0 Å². The van der Waals surface area contributed by atoms with Crippen LogP contribution in [0.3, 0.4) is 0 Å². The Hall–Kier alpha value is -7.87. The number of nitrogens with zero attached hydrogens (tertiary/aromatic N) is 5. The van der Waals surface area contributed by atoms with Gasteiger partial charge in [-0.15, -0.1) is 0 Å². The summed E-state index contributed by atoms with van der Waals surface area (Å²) < 4.78 is 45.7. The predicted molar refractivity (Wildman–Crippen MR) is 259 cm³/mol. The van der Waals surface area contributed by atoms with E-state index in [1.54, 1.807) is 18.2 Å². The number of aromatic nitrogens is 2. The first kappa shape index (κ1) is 50.5. The van der Waals surface area contributed by atoms with Gasteiger partial charge in [0.1, 0.15) is 48.0 Å². The van der Waals surface area contributed by atoms with E-state index in [1.165, 1.54) is 6.26 Å². The van der Waals surface area contributed by atoms with Gasteiger partial charge in [-0.2, -0.15) is 10.5 Å². The highest BCUT2D eigenvalue weighted by atomic mass is 32.2. The number of hydrogen-bond donors (Lipinski definition) is 3. The molecule has 1 unspecified atom stereocenters. The number of carbonyl (C=O) groups excluding carboxylic acids is 2. The number of nitrogens with two attached hydrogens (primary N) is 2. The Morgan fingerprint density at radius 2 is 1.10 bits per heavy atom. The van der Waals surface area contributed by atoms with Crippen molar-refractivity contribution in [2.75, 3.05) is 77.0 Å². The van der Waals surface area contributed by atoms with Crippen molar-refractivity contribution in [3.8, 4) is 57.9 Å². The Morgan fingerprint density at radius 1 is 0.652 bits per heavy atom. The lowest BCUT2D eigenvalue weighted by Crippen LogP contribution is -2.36. The molecule has 4 heterocycles. The Labute approximate surface area is 403 Å². The summed E-state index contributed by atoms with van der Waals surface area (Å²) in [5, 5.41) is 22.5. The van der Waals surface area contributed by atoms with Crippen LogP contribution in [-0.4, -0.2) is 98.1 Å². The van der Waals surface area contributed by atoms with Gasteiger partial charge in [0, 0.05) is 43.6 Å². The second-order valence-corrected chi connectivity index (χ2v) is 16.4. The lowest BCUT2D eigenvalue weighted by atomic mass is 10.1. The van der Waals surface area contributed by atoms with E-state index < -0.39 is 29.2 Å². The number of nitrogens with one attached hydrogen (secondary N) is 1. The van der Waals surface area contributed by atoms with Crippen molar-refractivity contribution >= 4 is 28.3 Å². The molecule has 4 aromatic carbocycles. The summed E-state index contributed by atoms with van der Waals surface area (Å²) in [5.74, 6) is -0.188. The fourth-order valence-corrected chi connectivity index (χ4v) is 7.55. The van der Waals surface area contributed by atoms with Gasteiger partial charge in [-0.05, 0) is 47.5 Å². The minimum atomic E-state index is -1.49. The highest BCUT2D eigenvalue weighted by molar-refractivity contribution is 7.84. The molecule has 0 bridgehead atoms. The number of amides is 2. The fourth-order valence-electron chi connectivity index (χ4n) is 6.85. The molecule has 5 N–H and O–H groups in total. The Balaban J connectivity index is 0.000000203. The van der Waals surface area contributed by atoms with Gasteiger partial charge < -0.3 is 50.1 Å². The summed E-state index contributed by atoms with van der Waals surface area (Å²) in [6.07, 6.45) is 1.45. The zero-order chi connectivity index (χ0) is 48.8. The Morgan fingerprint density at radius 3 is 1.54 bits per heavy atom. The molecule has 69 heavy (non-hydrogen) atoms. The highest BCUT2D eigenvalue weighted by Gasteiger charge is 2.24. The average molecular weight is 953 g/mol. The fraction of sp³-hybridized carbons (Fsp3) is 0.255. The van der Waals surface area contributed by atoms with Crippen LogP contribution >= 0.6 is 0 Å². The maximum Gasteiger partial charge on any atom is 0.255 e.